The third-order valence-corrected chi connectivity index (χ3v) is 5.30. The molecule has 2 aliphatic rings. The maximum absolute atomic E-state index is 12.8. The van der Waals surface area contributed by atoms with Gasteiger partial charge in [0.1, 0.15) is 12.3 Å². The van der Waals surface area contributed by atoms with Crippen molar-refractivity contribution in [2.24, 2.45) is 0 Å². The molecule has 2 saturated heterocycles. The fourth-order valence-electron chi connectivity index (χ4n) is 3.77. The molecule has 7 nitrogen and oxygen atoms in total. The molecule has 0 saturated carbocycles. The Morgan fingerprint density at radius 3 is 2.43 bits per heavy atom. The van der Waals surface area contributed by atoms with Gasteiger partial charge in [0.25, 0.3) is 5.91 Å². The van der Waals surface area contributed by atoms with E-state index in [-0.39, 0.29) is 12.0 Å². The third kappa shape index (κ3) is 3.52. The number of aromatic nitrogens is 1. The number of rotatable bonds is 3. The Hall–Kier alpha value is -3.09. The molecule has 0 atom stereocenters. The van der Waals surface area contributed by atoms with Crippen molar-refractivity contribution in [1.82, 2.24) is 9.88 Å². The van der Waals surface area contributed by atoms with Crippen LogP contribution in [-0.4, -0.2) is 61.2 Å². The predicted molar refractivity (Wildman–Crippen MR) is 107 cm³/mol. The lowest BCUT2D eigenvalue weighted by Crippen LogP contribution is -2.49. The molecule has 4 rings (SSSR count). The smallest absolute Gasteiger partial charge is 0.414 e. The van der Waals surface area contributed by atoms with E-state index in [0.717, 1.165) is 13.1 Å². The van der Waals surface area contributed by atoms with Crippen molar-refractivity contribution in [3.8, 4) is 0 Å². The summed E-state index contributed by atoms with van der Waals surface area (Å²) in [7, 11) is 0. The average Bonchev–Trinajstić information content (AvgIpc) is 3.14. The van der Waals surface area contributed by atoms with E-state index < -0.39 is 0 Å². The zero-order chi connectivity index (χ0) is 19.7. The summed E-state index contributed by atoms with van der Waals surface area (Å²) in [6, 6.07) is 9.90. The molecule has 0 spiro atoms. The minimum absolute atomic E-state index is 0.0733. The molecule has 7 heteroatoms. The number of cyclic esters (lactones) is 1. The minimum Gasteiger partial charge on any atom is -0.447 e. The molecule has 28 heavy (non-hydrogen) atoms. The van der Waals surface area contributed by atoms with Crippen LogP contribution < -0.4 is 9.80 Å². The van der Waals surface area contributed by atoms with Gasteiger partial charge in [-0.2, -0.15) is 0 Å². The molecule has 2 fully saturated rings. The van der Waals surface area contributed by atoms with Crippen LogP contribution in [0.4, 0.5) is 16.2 Å². The summed E-state index contributed by atoms with van der Waals surface area (Å²) in [5.41, 5.74) is 4.80. The molecule has 146 valence electrons. The lowest BCUT2D eigenvalue weighted by molar-refractivity contribution is 0.0741. The zero-order valence-corrected chi connectivity index (χ0v) is 16.2. The number of anilines is 2. The summed E-state index contributed by atoms with van der Waals surface area (Å²) >= 11 is 0. The molecule has 2 amide bonds. The molecule has 1 aromatic heterocycles. The predicted octanol–water partition coefficient (Wildman–Crippen LogP) is 2.62. The molecule has 2 aliphatic heterocycles. The molecule has 0 N–H and O–H groups in total. The fourth-order valence-corrected chi connectivity index (χ4v) is 3.77. The van der Waals surface area contributed by atoms with Crippen LogP contribution in [0.25, 0.3) is 0 Å². The van der Waals surface area contributed by atoms with Gasteiger partial charge in [0.05, 0.1) is 18.4 Å². The van der Waals surface area contributed by atoms with Gasteiger partial charge in [-0.1, -0.05) is 17.7 Å². The number of ether oxygens (including phenoxy) is 1. The molecular weight excluding hydrogens is 356 g/mol. The van der Waals surface area contributed by atoms with Gasteiger partial charge in [0.15, 0.2) is 0 Å². The Morgan fingerprint density at radius 2 is 1.82 bits per heavy atom. The minimum atomic E-state index is -0.372. The summed E-state index contributed by atoms with van der Waals surface area (Å²) < 4.78 is 4.93. The number of carbonyl (C=O) groups excluding carboxylic acids is 2. The Labute approximate surface area is 164 Å². The van der Waals surface area contributed by atoms with E-state index in [1.807, 2.05) is 4.90 Å². The highest BCUT2D eigenvalue weighted by atomic mass is 16.6. The number of nitrogens with zero attached hydrogens (tertiary/aromatic N) is 4. The van der Waals surface area contributed by atoms with E-state index >= 15 is 0 Å². The number of aryl methyl sites for hydroxylation is 2. The van der Waals surface area contributed by atoms with Crippen LogP contribution in [0.2, 0.25) is 0 Å². The van der Waals surface area contributed by atoms with Crippen LogP contribution in [0, 0.1) is 13.8 Å². The number of hydrogen-bond donors (Lipinski definition) is 0. The molecule has 0 bridgehead atoms. The topological polar surface area (TPSA) is 66.0 Å². The Kier molecular flexibility index (Phi) is 4.90. The molecule has 0 unspecified atom stereocenters. The van der Waals surface area contributed by atoms with Gasteiger partial charge in [-0.25, -0.2) is 9.78 Å². The van der Waals surface area contributed by atoms with Gasteiger partial charge in [-0.3, -0.25) is 9.69 Å². The quantitative estimate of drug-likeness (QED) is 0.819. The Balaban J connectivity index is 1.39. The van der Waals surface area contributed by atoms with Gasteiger partial charge in [0.2, 0.25) is 0 Å². The molecule has 1 aromatic carbocycles. The monoisotopic (exact) mass is 380 g/mol. The van der Waals surface area contributed by atoms with Crippen LogP contribution in [-0.2, 0) is 4.74 Å². The number of pyridine rings is 1. The number of piperazine rings is 1. The van der Waals surface area contributed by atoms with Crippen molar-refractivity contribution in [3.05, 3.63) is 53.3 Å². The second kappa shape index (κ2) is 7.50. The van der Waals surface area contributed by atoms with Crippen LogP contribution >= 0.6 is 0 Å². The second-order valence-electron chi connectivity index (χ2n) is 7.24. The van der Waals surface area contributed by atoms with Crippen LogP contribution in [0.3, 0.4) is 0 Å². The van der Waals surface area contributed by atoms with Gasteiger partial charge < -0.3 is 14.5 Å². The fraction of sp³-hybridized carbons (Fsp3) is 0.381. The maximum Gasteiger partial charge on any atom is 0.414 e. The van der Waals surface area contributed by atoms with Crippen molar-refractivity contribution in [2.45, 2.75) is 13.8 Å². The first-order valence-corrected chi connectivity index (χ1v) is 9.55. The highest BCUT2D eigenvalue weighted by molar-refractivity contribution is 5.94. The average molecular weight is 380 g/mol. The summed E-state index contributed by atoms with van der Waals surface area (Å²) in [6.07, 6.45) is 1.19. The Morgan fingerprint density at radius 1 is 1.04 bits per heavy atom. The van der Waals surface area contributed by atoms with Crippen molar-refractivity contribution >= 4 is 23.4 Å². The first-order chi connectivity index (χ1) is 13.5. The molecule has 0 aliphatic carbocycles. The largest absolute Gasteiger partial charge is 0.447 e. The van der Waals surface area contributed by atoms with E-state index in [0.29, 0.717) is 37.6 Å². The number of hydrogen-bond acceptors (Lipinski definition) is 5. The van der Waals surface area contributed by atoms with Gasteiger partial charge in [-0.15, -0.1) is 0 Å². The first kappa shape index (κ1) is 18.3. The van der Waals surface area contributed by atoms with E-state index in [1.54, 1.807) is 18.3 Å². The summed E-state index contributed by atoms with van der Waals surface area (Å²) in [6.45, 7) is 8.03. The number of amides is 2. The van der Waals surface area contributed by atoms with Crippen LogP contribution in [0.5, 0.6) is 0 Å². The third-order valence-electron chi connectivity index (χ3n) is 5.30. The van der Waals surface area contributed by atoms with Crippen molar-refractivity contribution in [3.63, 3.8) is 0 Å². The lowest BCUT2D eigenvalue weighted by atomic mass is 10.1. The Bertz CT molecular complexity index is 889. The normalized spacial score (nSPS) is 17.1. The van der Waals surface area contributed by atoms with Gasteiger partial charge >= 0.3 is 6.09 Å². The SMILES string of the molecule is Cc1ccc(N2CCN(C(=O)c3ccc(N4CCOC4=O)cn3)CC2)c(C)c1. The molecule has 3 heterocycles. The first-order valence-electron chi connectivity index (χ1n) is 9.55. The van der Waals surface area contributed by atoms with Crippen molar-refractivity contribution < 1.29 is 14.3 Å². The maximum atomic E-state index is 12.8. The van der Waals surface area contributed by atoms with E-state index in [2.05, 4.69) is 41.9 Å². The van der Waals surface area contributed by atoms with Crippen molar-refractivity contribution in [2.75, 3.05) is 49.1 Å². The summed E-state index contributed by atoms with van der Waals surface area (Å²) in [5, 5.41) is 0. The molecule has 2 aromatic rings. The van der Waals surface area contributed by atoms with E-state index in [9.17, 15) is 9.59 Å². The van der Waals surface area contributed by atoms with Crippen LogP contribution in [0.15, 0.2) is 36.5 Å². The number of carbonyl (C=O) groups is 2. The highest BCUT2D eigenvalue weighted by Gasteiger charge is 2.26. The zero-order valence-electron chi connectivity index (χ0n) is 16.2. The van der Waals surface area contributed by atoms with Gasteiger partial charge in [-0.05, 0) is 37.6 Å². The summed E-state index contributed by atoms with van der Waals surface area (Å²) in [4.78, 5) is 34.4. The molecular formula is C21H24N4O3. The lowest BCUT2D eigenvalue weighted by Gasteiger charge is -2.36. The molecule has 0 radical (unpaired) electrons. The van der Waals surface area contributed by atoms with Gasteiger partial charge in [0, 0.05) is 31.9 Å². The highest BCUT2D eigenvalue weighted by Crippen LogP contribution is 2.23. The van der Waals surface area contributed by atoms with Crippen LogP contribution in [0.1, 0.15) is 21.6 Å². The van der Waals surface area contributed by atoms with Crippen molar-refractivity contribution in [1.29, 1.82) is 0 Å². The standard InChI is InChI=1S/C21H24N4O3/c1-15-3-6-19(16(2)13-15)23-7-9-24(10-8-23)20(26)18-5-4-17(14-22-18)25-11-12-28-21(25)27/h3-6,13-14H,7-12H2,1-2H3. The summed E-state index contributed by atoms with van der Waals surface area (Å²) in [5.74, 6) is -0.0733. The van der Waals surface area contributed by atoms with E-state index in [4.69, 9.17) is 4.74 Å². The second-order valence-corrected chi connectivity index (χ2v) is 7.24. The number of benzene rings is 1. The van der Waals surface area contributed by atoms with E-state index in [1.165, 1.54) is 21.7 Å².